The molecule has 0 aromatic heterocycles. The van der Waals surface area contributed by atoms with Crippen molar-refractivity contribution in [2.45, 2.75) is 71.3 Å². The van der Waals surface area contributed by atoms with Gasteiger partial charge in [0.15, 0.2) is 17.3 Å². The largest absolute Gasteiger partial charge is 0.507 e. The van der Waals surface area contributed by atoms with Crippen LogP contribution in [0.1, 0.15) is 90.9 Å². The minimum Gasteiger partial charge on any atom is -0.507 e. The normalized spacial score (nSPS) is 16.4. The van der Waals surface area contributed by atoms with Gasteiger partial charge in [-0.1, -0.05) is 124 Å². The fraction of sp³-hybridized carbons (Fsp3) is 0.343. The highest BCUT2D eigenvalue weighted by molar-refractivity contribution is 6.55. The molecule has 0 amide bonds. The van der Waals surface area contributed by atoms with Crippen molar-refractivity contribution >= 4 is 75.7 Å². The Morgan fingerprint density at radius 3 is 1.91 bits per heavy atom. The summed E-state index contributed by atoms with van der Waals surface area (Å²) in [7, 11) is 0. The molecule has 5 rings (SSSR count). The van der Waals surface area contributed by atoms with Crippen LogP contribution in [0.4, 0.5) is 5.69 Å². The minimum absolute atomic E-state index is 0.0507. The van der Waals surface area contributed by atoms with E-state index < -0.39 is 29.5 Å². The van der Waals surface area contributed by atoms with Gasteiger partial charge in [0.2, 0.25) is 0 Å². The fourth-order valence-electron chi connectivity index (χ4n) is 5.80. The minimum atomic E-state index is -1.18. The molecule has 2 N–H and O–H groups in total. The van der Waals surface area contributed by atoms with Gasteiger partial charge in [-0.2, -0.15) is 0 Å². The Morgan fingerprint density at radius 2 is 1.40 bits per heavy atom. The number of phenolic OH excluding ortho intramolecular Hbond substituents is 1. The van der Waals surface area contributed by atoms with Crippen LogP contribution in [0.15, 0.2) is 36.4 Å². The first-order valence-electron chi connectivity index (χ1n) is 14.5. The third-order valence-electron chi connectivity index (χ3n) is 8.16. The molecule has 0 bridgehead atoms. The number of carbonyl (C=O) groups is 3. The van der Waals surface area contributed by atoms with E-state index in [0.717, 1.165) is 22.3 Å². The highest BCUT2D eigenvalue weighted by Gasteiger charge is 2.47. The van der Waals surface area contributed by atoms with Crippen LogP contribution in [-0.4, -0.2) is 28.7 Å². The third-order valence-corrected chi connectivity index (χ3v) is 9.97. The van der Waals surface area contributed by atoms with E-state index in [0.29, 0.717) is 12.1 Å². The van der Waals surface area contributed by atoms with E-state index in [1.165, 1.54) is 0 Å². The van der Waals surface area contributed by atoms with Gasteiger partial charge in [0.05, 0.1) is 42.9 Å². The first kappa shape index (κ1) is 33.3. The smallest absolute Gasteiger partial charge is 0.311 e. The van der Waals surface area contributed by atoms with E-state index in [9.17, 15) is 19.5 Å². The maximum Gasteiger partial charge on any atom is 0.311 e. The number of rotatable bonds is 5. The Hall–Kier alpha value is -3.03. The lowest BCUT2D eigenvalue weighted by molar-refractivity contribution is -0.134. The van der Waals surface area contributed by atoms with Crippen molar-refractivity contribution in [3.8, 4) is 11.5 Å². The lowest BCUT2D eigenvalue weighted by Gasteiger charge is -2.28. The molecule has 3 aromatic carbocycles. The summed E-state index contributed by atoms with van der Waals surface area (Å²) in [6, 6.07) is 8.35. The van der Waals surface area contributed by atoms with Crippen molar-refractivity contribution in [2.24, 2.45) is 5.92 Å². The first-order valence-corrected chi connectivity index (χ1v) is 16.0. The maximum atomic E-state index is 13.5. The number of para-hydroxylation sites is 1. The summed E-state index contributed by atoms with van der Waals surface area (Å²) >= 11 is 25.0. The van der Waals surface area contributed by atoms with Crippen molar-refractivity contribution in [1.82, 2.24) is 0 Å². The highest BCUT2D eigenvalue weighted by Crippen LogP contribution is 2.48. The van der Waals surface area contributed by atoms with Gasteiger partial charge in [-0.05, 0) is 40.0 Å². The van der Waals surface area contributed by atoms with E-state index in [1.54, 1.807) is 24.3 Å². The second-order valence-electron chi connectivity index (χ2n) is 13.5. The number of benzene rings is 3. The average Bonchev–Trinajstić information content (AvgIpc) is 3.22. The molecule has 45 heavy (non-hydrogen) atoms. The molecular weight excluding hydrogens is 656 g/mol. The van der Waals surface area contributed by atoms with E-state index in [2.05, 4.69) is 5.32 Å². The second-order valence-corrected chi connectivity index (χ2v) is 15.0. The van der Waals surface area contributed by atoms with Crippen LogP contribution in [0.2, 0.25) is 20.1 Å². The van der Waals surface area contributed by atoms with Crippen LogP contribution >= 0.6 is 46.4 Å². The molecule has 236 valence electrons. The number of aromatic hydroxyl groups is 1. The molecule has 1 unspecified atom stereocenters. The second kappa shape index (κ2) is 12.0. The quantitative estimate of drug-likeness (QED) is 0.0912. The van der Waals surface area contributed by atoms with E-state index in [-0.39, 0.29) is 60.0 Å². The van der Waals surface area contributed by atoms with Crippen molar-refractivity contribution in [1.29, 1.82) is 0 Å². The van der Waals surface area contributed by atoms with Gasteiger partial charge in [-0.25, -0.2) is 0 Å². The van der Waals surface area contributed by atoms with Gasteiger partial charge in [-0.15, -0.1) is 0 Å². The average molecular weight is 689 g/mol. The zero-order valence-corrected chi connectivity index (χ0v) is 28.7. The molecule has 3 aromatic rings. The molecule has 0 saturated carbocycles. The van der Waals surface area contributed by atoms with Gasteiger partial charge in [0.25, 0.3) is 0 Å². The molecule has 1 aliphatic carbocycles. The monoisotopic (exact) mass is 687 g/mol. The summed E-state index contributed by atoms with van der Waals surface area (Å²) in [4.78, 5) is 40.1. The number of hydrogen-bond donors (Lipinski definition) is 2. The summed E-state index contributed by atoms with van der Waals surface area (Å²) < 4.78 is 5.82. The number of Topliss-reactive ketones (excluding diaryl/α,β-unsaturated/α-hetero) is 2. The predicted molar refractivity (Wildman–Crippen MR) is 181 cm³/mol. The Morgan fingerprint density at radius 1 is 0.867 bits per heavy atom. The molecule has 0 spiro atoms. The van der Waals surface area contributed by atoms with E-state index >= 15 is 0 Å². The first-order chi connectivity index (χ1) is 20.9. The molecule has 1 atom stereocenters. The molecular formula is C35H33Cl4NO5. The van der Waals surface area contributed by atoms with Gasteiger partial charge in [0.1, 0.15) is 11.7 Å². The lowest BCUT2D eigenvalue weighted by Crippen LogP contribution is -2.36. The Bertz CT molecular complexity index is 1720. The number of fused-ring (bicyclic) bond motifs is 2. The summed E-state index contributed by atoms with van der Waals surface area (Å²) in [5.41, 5.74) is 3.07. The summed E-state index contributed by atoms with van der Waals surface area (Å²) in [6.45, 7) is 12.2. The number of anilines is 1. The van der Waals surface area contributed by atoms with Gasteiger partial charge < -0.3 is 15.2 Å². The molecule has 2 aliphatic rings. The molecule has 1 aliphatic heterocycles. The van der Waals surface area contributed by atoms with Crippen LogP contribution in [-0.2, 0) is 22.0 Å². The molecule has 0 saturated heterocycles. The van der Waals surface area contributed by atoms with Crippen molar-refractivity contribution in [3.63, 3.8) is 0 Å². The molecule has 1 heterocycles. The predicted octanol–water partition coefficient (Wildman–Crippen LogP) is 9.64. The number of carbonyl (C=O) groups excluding carboxylic acids is 3. The van der Waals surface area contributed by atoms with Crippen LogP contribution in [0, 0.1) is 5.92 Å². The third kappa shape index (κ3) is 6.10. The number of esters is 1. The number of ether oxygens (including phenoxy) is 1. The SMILES string of the molecule is CC(C)(C)c1cc(CCC(=O)Oc2cccc3c2NC(C2C(=O)c4c(Cl)c(Cl)c(Cl)c(Cl)c4C2=O)C=C3)cc(C(C)(C)C)c1O. The maximum absolute atomic E-state index is 13.5. The fourth-order valence-corrected chi connectivity index (χ4v) is 6.83. The van der Waals surface area contributed by atoms with E-state index in [1.807, 2.05) is 59.7 Å². The Balaban J connectivity index is 1.36. The number of nitrogens with one attached hydrogen (secondary N) is 1. The van der Waals surface area contributed by atoms with Crippen LogP contribution in [0.25, 0.3) is 6.08 Å². The summed E-state index contributed by atoms with van der Waals surface area (Å²) in [6.07, 6.45) is 3.97. The Labute approximate surface area is 282 Å². The molecule has 6 nitrogen and oxygen atoms in total. The van der Waals surface area contributed by atoms with Crippen molar-refractivity contribution < 1.29 is 24.2 Å². The van der Waals surface area contributed by atoms with Crippen molar-refractivity contribution in [3.05, 3.63) is 89.9 Å². The van der Waals surface area contributed by atoms with Crippen LogP contribution in [0.5, 0.6) is 11.5 Å². The highest BCUT2D eigenvalue weighted by atomic mass is 35.5. The molecule has 10 heteroatoms. The Kier molecular flexibility index (Phi) is 8.86. The summed E-state index contributed by atoms with van der Waals surface area (Å²) in [5.74, 6) is -2.15. The van der Waals surface area contributed by atoms with Crippen LogP contribution in [0.3, 0.4) is 0 Å². The van der Waals surface area contributed by atoms with Gasteiger partial charge in [0, 0.05) is 12.0 Å². The van der Waals surface area contributed by atoms with Gasteiger partial charge >= 0.3 is 5.97 Å². The lowest BCUT2D eigenvalue weighted by atomic mass is 9.78. The topological polar surface area (TPSA) is 92.7 Å². The van der Waals surface area contributed by atoms with Crippen LogP contribution < -0.4 is 10.1 Å². The van der Waals surface area contributed by atoms with E-state index in [4.69, 9.17) is 51.1 Å². The zero-order chi connectivity index (χ0) is 33.2. The number of hydrogen-bond acceptors (Lipinski definition) is 6. The summed E-state index contributed by atoms with van der Waals surface area (Å²) in [5, 5.41) is 13.8. The zero-order valence-electron chi connectivity index (χ0n) is 25.7. The van der Waals surface area contributed by atoms with Gasteiger partial charge in [-0.3, -0.25) is 14.4 Å². The number of halogens is 4. The molecule has 0 fully saturated rings. The van der Waals surface area contributed by atoms with Crippen molar-refractivity contribution in [2.75, 3.05) is 5.32 Å². The standard InChI is InChI=1S/C35H33Cl4NO5/c1-34(2,3)18-14-16(15-19(31(18)42)35(4,5)6)10-13-22(41)45-21-9-7-8-17-11-12-20(40-30(17)21)23-32(43)24-25(33(23)44)27(37)29(39)28(38)26(24)36/h7-9,11-12,14-15,20,23,40,42H,10,13H2,1-6H3. The molecule has 0 radical (unpaired) electrons. The number of phenols is 1. The number of ketones is 2. The number of aryl methyl sites for hydroxylation is 1.